The predicted octanol–water partition coefficient (Wildman–Crippen LogP) is 6.70. The zero-order chi connectivity index (χ0) is 21.3. The van der Waals surface area contributed by atoms with Gasteiger partial charge in [-0.2, -0.15) is 13.2 Å². The largest absolute Gasteiger partial charge is 0.497 e. The second-order valence-electron chi connectivity index (χ2n) is 7.49. The van der Waals surface area contributed by atoms with Crippen LogP contribution in [-0.2, 0) is 11.6 Å². The van der Waals surface area contributed by atoms with E-state index in [1.165, 1.54) is 25.3 Å². The second-order valence-corrected chi connectivity index (χ2v) is 7.49. The zero-order valence-electron chi connectivity index (χ0n) is 17.0. The fraction of sp³-hybridized carbons (Fsp3) is 0.455. The summed E-state index contributed by atoms with van der Waals surface area (Å²) in [5.41, 5.74) is -1.04. The van der Waals surface area contributed by atoms with Crippen molar-refractivity contribution in [2.75, 3.05) is 13.7 Å². The van der Waals surface area contributed by atoms with E-state index in [9.17, 15) is 17.6 Å². The van der Waals surface area contributed by atoms with Crippen molar-refractivity contribution in [2.45, 2.75) is 52.1 Å². The van der Waals surface area contributed by atoms with Gasteiger partial charge in [-0.15, -0.1) is 0 Å². The lowest BCUT2D eigenvalue weighted by atomic mass is 9.75. The van der Waals surface area contributed by atoms with Gasteiger partial charge in [0.15, 0.2) is 0 Å². The van der Waals surface area contributed by atoms with Gasteiger partial charge in [0.2, 0.25) is 0 Å². The highest BCUT2D eigenvalue weighted by Gasteiger charge is 2.39. The molecule has 0 atom stereocenters. The molecular weight excluding hydrogens is 372 g/mol. The molecule has 2 rings (SSSR count). The molecule has 0 unspecified atom stereocenters. The summed E-state index contributed by atoms with van der Waals surface area (Å²) in [5, 5.41) is 0. The Labute approximate surface area is 163 Å². The van der Waals surface area contributed by atoms with E-state index in [4.69, 9.17) is 9.47 Å². The number of benzene rings is 2. The van der Waals surface area contributed by atoms with E-state index in [0.29, 0.717) is 23.5 Å². The summed E-state index contributed by atoms with van der Waals surface area (Å²) in [4.78, 5) is 0. The molecule has 0 amide bonds. The van der Waals surface area contributed by atoms with Gasteiger partial charge in [-0.3, -0.25) is 0 Å². The van der Waals surface area contributed by atoms with Crippen molar-refractivity contribution in [1.82, 2.24) is 0 Å². The van der Waals surface area contributed by atoms with Crippen LogP contribution in [0, 0.1) is 5.82 Å². The molecule has 2 aromatic carbocycles. The average molecular weight is 398 g/mol. The van der Waals surface area contributed by atoms with Gasteiger partial charge in [-0.05, 0) is 48.2 Å². The quantitative estimate of drug-likeness (QED) is 0.504. The van der Waals surface area contributed by atoms with E-state index in [-0.39, 0.29) is 17.2 Å². The van der Waals surface area contributed by atoms with Crippen molar-refractivity contribution in [1.29, 1.82) is 0 Å². The first-order valence-corrected chi connectivity index (χ1v) is 9.15. The molecule has 0 N–H and O–H groups in total. The average Bonchev–Trinajstić information content (AvgIpc) is 2.59. The Morgan fingerprint density at radius 2 is 1.64 bits per heavy atom. The van der Waals surface area contributed by atoms with E-state index in [2.05, 4.69) is 0 Å². The summed E-state index contributed by atoms with van der Waals surface area (Å²) in [6.45, 7) is 9.09. The number of ether oxygens (including phenoxy) is 2. The maximum Gasteiger partial charge on any atom is 0.416 e. The van der Waals surface area contributed by atoms with E-state index in [0.717, 1.165) is 6.07 Å². The summed E-state index contributed by atoms with van der Waals surface area (Å²) in [5.74, 6) is -0.123. The Kier molecular flexibility index (Phi) is 6.31. The minimum Gasteiger partial charge on any atom is -0.497 e. The Bertz CT molecular complexity index is 839. The van der Waals surface area contributed by atoms with Crippen molar-refractivity contribution in [3.05, 3.63) is 58.4 Å². The fourth-order valence-electron chi connectivity index (χ4n) is 3.37. The SMILES string of the molecule is CCOc1cc(C(C)(C)c2ccc(OC)cc2C(F)(F)F)cc(F)c1C(C)C. The lowest BCUT2D eigenvalue weighted by molar-refractivity contribution is -0.138. The molecule has 0 aliphatic heterocycles. The van der Waals surface area contributed by atoms with Crippen LogP contribution in [0.5, 0.6) is 11.5 Å². The second kappa shape index (κ2) is 8.02. The van der Waals surface area contributed by atoms with Gasteiger partial charge in [-0.25, -0.2) is 4.39 Å². The van der Waals surface area contributed by atoms with Crippen LogP contribution in [0.1, 0.15) is 62.8 Å². The Morgan fingerprint density at radius 1 is 1.00 bits per heavy atom. The molecule has 28 heavy (non-hydrogen) atoms. The summed E-state index contributed by atoms with van der Waals surface area (Å²) < 4.78 is 66.5. The summed E-state index contributed by atoms with van der Waals surface area (Å²) in [7, 11) is 1.31. The molecule has 0 bridgehead atoms. The summed E-state index contributed by atoms with van der Waals surface area (Å²) in [6.07, 6.45) is -4.57. The molecular formula is C22H26F4O2. The molecule has 2 nitrogen and oxygen atoms in total. The van der Waals surface area contributed by atoms with Crippen LogP contribution in [0.4, 0.5) is 17.6 Å². The first-order valence-electron chi connectivity index (χ1n) is 9.15. The number of hydrogen-bond donors (Lipinski definition) is 0. The topological polar surface area (TPSA) is 18.5 Å². The van der Waals surface area contributed by atoms with Crippen LogP contribution in [-0.4, -0.2) is 13.7 Å². The minimum atomic E-state index is -4.57. The molecule has 0 radical (unpaired) electrons. The summed E-state index contributed by atoms with van der Waals surface area (Å²) in [6, 6.07) is 6.79. The Morgan fingerprint density at radius 3 is 2.14 bits per heavy atom. The van der Waals surface area contributed by atoms with Crippen LogP contribution in [0.3, 0.4) is 0 Å². The van der Waals surface area contributed by atoms with Crippen LogP contribution >= 0.6 is 0 Å². The van der Waals surface area contributed by atoms with Gasteiger partial charge in [0.25, 0.3) is 0 Å². The lowest BCUT2D eigenvalue weighted by Crippen LogP contribution is -2.25. The van der Waals surface area contributed by atoms with Crippen molar-refractivity contribution in [3.8, 4) is 11.5 Å². The minimum absolute atomic E-state index is 0.0416. The van der Waals surface area contributed by atoms with Gasteiger partial charge in [0, 0.05) is 11.0 Å². The molecule has 0 fully saturated rings. The normalized spacial score (nSPS) is 12.4. The standard InChI is InChI=1S/C22H26F4O2/c1-7-28-19-11-14(10-18(23)20(19)13(2)3)21(4,5)16-9-8-15(27-6)12-17(16)22(24,25)26/h8-13H,7H2,1-6H3. The molecule has 0 spiro atoms. The van der Waals surface area contributed by atoms with Gasteiger partial charge in [0.1, 0.15) is 17.3 Å². The third-order valence-electron chi connectivity index (χ3n) is 4.90. The van der Waals surface area contributed by atoms with Crippen LogP contribution in [0.25, 0.3) is 0 Å². The van der Waals surface area contributed by atoms with Gasteiger partial charge in [0.05, 0.1) is 19.3 Å². The Hall–Kier alpha value is -2.24. The number of alkyl halides is 3. The highest BCUT2D eigenvalue weighted by molar-refractivity contribution is 5.50. The van der Waals surface area contributed by atoms with E-state index >= 15 is 0 Å². The highest BCUT2D eigenvalue weighted by atomic mass is 19.4. The lowest BCUT2D eigenvalue weighted by Gasteiger charge is -2.30. The first kappa shape index (κ1) is 22.1. The number of halogens is 4. The molecule has 0 saturated carbocycles. The van der Waals surface area contributed by atoms with Gasteiger partial charge < -0.3 is 9.47 Å². The maximum absolute atomic E-state index is 14.9. The number of rotatable bonds is 6. The molecule has 0 heterocycles. The van der Waals surface area contributed by atoms with E-state index < -0.39 is 23.0 Å². The third-order valence-corrected chi connectivity index (χ3v) is 4.90. The van der Waals surface area contributed by atoms with Crippen molar-refractivity contribution >= 4 is 0 Å². The van der Waals surface area contributed by atoms with E-state index in [1.807, 2.05) is 13.8 Å². The molecule has 0 saturated heterocycles. The van der Waals surface area contributed by atoms with Crippen molar-refractivity contribution in [2.24, 2.45) is 0 Å². The highest BCUT2D eigenvalue weighted by Crippen LogP contribution is 2.44. The smallest absolute Gasteiger partial charge is 0.416 e. The van der Waals surface area contributed by atoms with Crippen LogP contribution < -0.4 is 9.47 Å². The first-order chi connectivity index (χ1) is 12.9. The molecule has 2 aromatic rings. The van der Waals surface area contributed by atoms with E-state index in [1.54, 1.807) is 26.8 Å². The molecule has 0 aliphatic carbocycles. The molecule has 6 heteroatoms. The Balaban J connectivity index is 2.71. The zero-order valence-corrected chi connectivity index (χ0v) is 17.0. The molecule has 0 aromatic heterocycles. The number of methoxy groups -OCH3 is 1. The van der Waals surface area contributed by atoms with Crippen LogP contribution in [0.2, 0.25) is 0 Å². The third kappa shape index (κ3) is 4.26. The predicted molar refractivity (Wildman–Crippen MR) is 102 cm³/mol. The van der Waals surface area contributed by atoms with Crippen molar-refractivity contribution < 1.29 is 27.0 Å². The fourth-order valence-corrected chi connectivity index (χ4v) is 3.37. The van der Waals surface area contributed by atoms with Gasteiger partial charge in [-0.1, -0.05) is 33.8 Å². The van der Waals surface area contributed by atoms with Crippen LogP contribution in [0.15, 0.2) is 30.3 Å². The molecule has 0 aliphatic rings. The van der Waals surface area contributed by atoms with Gasteiger partial charge >= 0.3 is 6.18 Å². The number of hydrogen-bond acceptors (Lipinski definition) is 2. The monoisotopic (exact) mass is 398 g/mol. The van der Waals surface area contributed by atoms with Crippen molar-refractivity contribution in [3.63, 3.8) is 0 Å². The maximum atomic E-state index is 14.9. The molecule has 154 valence electrons. The summed E-state index contributed by atoms with van der Waals surface area (Å²) >= 11 is 0.